The second-order valence-corrected chi connectivity index (χ2v) is 10.5. The maximum Gasteiger partial charge on any atom is 0.312 e. The van der Waals surface area contributed by atoms with Gasteiger partial charge in [-0.15, -0.1) is 0 Å². The zero-order valence-electron chi connectivity index (χ0n) is 13.9. The largest absolute Gasteiger partial charge is 0.464 e. The SMILES string of the molecule is O=C1C2CC3CC1CC(C(=O)OCCN1CCS(=O)(=O)CC1)(C3)C2. The number of nitrogens with zero attached hydrogens (tertiary/aromatic N) is 1. The van der Waals surface area contributed by atoms with E-state index in [1.54, 1.807) is 0 Å². The van der Waals surface area contributed by atoms with Gasteiger partial charge in [-0.2, -0.15) is 0 Å². The molecule has 1 aliphatic heterocycles. The Hall–Kier alpha value is -0.950. The number of esters is 1. The number of Topliss-reactive ketones (excluding diaryl/α,β-unsaturated/α-hetero) is 1. The number of ketones is 1. The molecule has 0 aromatic rings. The van der Waals surface area contributed by atoms with Crippen LogP contribution >= 0.6 is 0 Å². The average Bonchev–Trinajstić information content (AvgIpc) is 2.53. The fraction of sp³-hybridized carbons (Fsp3) is 0.882. The fourth-order valence-corrected chi connectivity index (χ4v) is 6.67. The summed E-state index contributed by atoms with van der Waals surface area (Å²) < 4.78 is 28.4. The summed E-state index contributed by atoms with van der Waals surface area (Å²) >= 11 is 0. The first-order valence-corrected chi connectivity index (χ1v) is 10.8. The quantitative estimate of drug-likeness (QED) is 0.689. The van der Waals surface area contributed by atoms with Crippen LogP contribution in [0.2, 0.25) is 0 Å². The molecule has 0 amide bonds. The van der Waals surface area contributed by atoms with E-state index in [2.05, 4.69) is 0 Å². The molecule has 0 radical (unpaired) electrons. The van der Waals surface area contributed by atoms with Crippen molar-refractivity contribution in [1.29, 1.82) is 0 Å². The number of hydrogen-bond donors (Lipinski definition) is 0. The summed E-state index contributed by atoms with van der Waals surface area (Å²) in [6.07, 6.45) is 4.17. The highest BCUT2D eigenvalue weighted by atomic mass is 32.2. The van der Waals surface area contributed by atoms with E-state index >= 15 is 0 Å². The zero-order valence-corrected chi connectivity index (χ0v) is 14.7. The van der Waals surface area contributed by atoms with E-state index in [1.807, 2.05) is 4.90 Å². The summed E-state index contributed by atoms with van der Waals surface area (Å²) in [5.41, 5.74) is -0.421. The van der Waals surface area contributed by atoms with Crippen molar-refractivity contribution in [2.75, 3.05) is 37.7 Å². The lowest BCUT2D eigenvalue weighted by Crippen LogP contribution is -2.55. The van der Waals surface area contributed by atoms with Gasteiger partial charge in [0.05, 0.1) is 16.9 Å². The van der Waals surface area contributed by atoms with Gasteiger partial charge < -0.3 is 4.74 Å². The van der Waals surface area contributed by atoms with Crippen molar-refractivity contribution in [3.05, 3.63) is 0 Å². The van der Waals surface area contributed by atoms with Crippen LogP contribution in [0.25, 0.3) is 0 Å². The van der Waals surface area contributed by atoms with Gasteiger partial charge in [0.15, 0.2) is 9.84 Å². The molecule has 2 atom stereocenters. The molecule has 0 N–H and O–H groups in total. The van der Waals surface area contributed by atoms with E-state index in [0.29, 0.717) is 50.8 Å². The number of ether oxygens (including phenoxy) is 1. The van der Waals surface area contributed by atoms with Gasteiger partial charge in [0.2, 0.25) is 0 Å². The minimum atomic E-state index is -2.87. The predicted octanol–water partition coefficient (Wildman–Crippen LogP) is 0.655. The smallest absolute Gasteiger partial charge is 0.312 e. The van der Waals surface area contributed by atoms with Crippen molar-refractivity contribution < 1.29 is 22.7 Å². The lowest BCUT2D eigenvalue weighted by atomic mass is 9.49. The third-order valence-corrected chi connectivity index (χ3v) is 8.11. The summed E-state index contributed by atoms with van der Waals surface area (Å²) in [6.45, 7) is 1.94. The van der Waals surface area contributed by atoms with E-state index in [9.17, 15) is 18.0 Å². The molecule has 7 heteroatoms. The molecule has 1 heterocycles. The highest BCUT2D eigenvalue weighted by Gasteiger charge is 2.59. The van der Waals surface area contributed by atoms with E-state index in [-0.39, 0.29) is 29.3 Å². The van der Waals surface area contributed by atoms with E-state index < -0.39 is 15.3 Å². The van der Waals surface area contributed by atoms with Gasteiger partial charge in [0, 0.05) is 31.5 Å². The van der Waals surface area contributed by atoms with Gasteiger partial charge in [-0.1, -0.05) is 0 Å². The van der Waals surface area contributed by atoms with Gasteiger partial charge in [0.1, 0.15) is 12.4 Å². The van der Waals surface area contributed by atoms with Gasteiger partial charge in [-0.25, -0.2) is 8.42 Å². The number of hydrogen-bond acceptors (Lipinski definition) is 6. The van der Waals surface area contributed by atoms with Crippen LogP contribution in [0.15, 0.2) is 0 Å². The highest BCUT2D eigenvalue weighted by molar-refractivity contribution is 7.91. The van der Waals surface area contributed by atoms with Crippen molar-refractivity contribution in [3.63, 3.8) is 0 Å². The fourth-order valence-electron chi connectivity index (χ4n) is 5.39. The molecule has 1 saturated heterocycles. The molecule has 0 spiro atoms. The number of sulfone groups is 1. The average molecular weight is 355 g/mol. The number of rotatable bonds is 4. The molecule has 5 fully saturated rings. The third kappa shape index (κ3) is 2.90. The Morgan fingerprint density at radius 3 is 2.38 bits per heavy atom. The van der Waals surface area contributed by atoms with Crippen molar-refractivity contribution in [1.82, 2.24) is 4.90 Å². The molecule has 4 saturated carbocycles. The molecule has 134 valence electrons. The van der Waals surface area contributed by atoms with Crippen molar-refractivity contribution in [2.45, 2.75) is 32.1 Å². The van der Waals surface area contributed by atoms with Crippen molar-refractivity contribution in [3.8, 4) is 0 Å². The van der Waals surface area contributed by atoms with Crippen molar-refractivity contribution in [2.24, 2.45) is 23.2 Å². The summed E-state index contributed by atoms with van der Waals surface area (Å²) in [7, 11) is -2.87. The standard InChI is InChI=1S/C17H25NO5S/c19-15-13-7-12-8-14(15)11-17(9-12,10-13)16(20)23-4-1-18-2-5-24(21,22)6-3-18/h12-14H,1-11H2. The van der Waals surface area contributed by atoms with Crippen LogP contribution in [0.4, 0.5) is 0 Å². The monoisotopic (exact) mass is 355 g/mol. The van der Waals surface area contributed by atoms with Crippen molar-refractivity contribution >= 4 is 21.6 Å². The molecular weight excluding hydrogens is 330 g/mol. The van der Waals surface area contributed by atoms with Crippen LogP contribution in [0, 0.1) is 23.2 Å². The van der Waals surface area contributed by atoms with Crippen LogP contribution in [0.3, 0.4) is 0 Å². The Labute approximate surface area is 142 Å². The lowest BCUT2D eigenvalue weighted by molar-refractivity contribution is -0.174. The Morgan fingerprint density at radius 2 is 1.75 bits per heavy atom. The molecule has 24 heavy (non-hydrogen) atoms. The second kappa shape index (κ2) is 5.80. The molecule has 5 aliphatic rings. The van der Waals surface area contributed by atoms with Gasteiger partial charge >= 0.3 is 5.97 Å². The predicted molar refractivity (Wildman–Crippen MR) is 87.0 cm³/mol. The molecule has 5 rings (SSSR count). The van der Waals surface area contributed by atoms with Gasteiger partial charge in [-0.3, -0.25) is 14.5 Å². The summed E-state index contributed by atoms with van der Waals surface area (Å²) in [6, 6.07) is 0. The zero-order chi connectivity index (χ0) is 16.9. The lowest BCUT2D eigenvalue weighted by Gasteiger charge is -2.53. The van der Waals surface area contributed by atoms with Crippen LogP contribution in [0.5, 0.6) is 0 Å². The van der Waals surface area contributed by atoms with Gasteiger partial charge in [-0.05, 0) is 38.0 Å². The third-order valence-electron chi connectivity index (χ3n) is 6.50. The molecule has 4 aliphatic carbocycles. The Balaban J connectivity index is 1.30. The first-order chi connectivity index (χ1) is 11.4. The maximum absolute atomic E-state index is 12.7. The normalized spacial score (nSPS) is 40.7. The Morgan fingerprint density at radius 1 is 1.12 bits per heavy atom. The first kappa shape index (κ1) is 16.5. The summed E-state index contributed by atoms with van der Waals surface area (Å²) in [4.78, 5) is 26.9. The number of carbonyl (C=O) groups is 2. The van der Waals surface area contributed by atoms with Crippen LogP contribution in [0.1, 0.15) is 32.1 Å². The minimum Gasteiger partial charge on any atom is -0.464 e. The van der Waals surface area contributed by atoms with Crippen LogP contribution in [-0.4, -0.2) is 62.8 Å². The molecule has 0 aromatic carbocycles. The molecule has 0 aromatic heterocycles. The Kier molecular flexibility index (Phi) is 3.99. The topological polar surface area (TPSA) is 80.8 Å². The summed E-state index contributed by atoms with van der Waals surface area (Å²) in [5, 5.41) is 0. The van der Waals surface area contributed by atoms with E-state index in [0.717, 1.165) is 19.3 Å². The molecule has 6 nitrogen and oxygen atoms in total. The van der Waals surface area contributed by atoms with Crippen LogP contribution < -0.4 is 0 Å². The minimum absolute atomic E-state index is 0.0797. The second-order valence-electron chi connectivity index (χ2n) is 8.16. The van der Waals surface area contributed by atoms with E-state index in [1.165, 1.54) is 0 Å². The molecular formula is C17H25NO5S. The van der Waals surface area contributed by atoms with E-state index in [4.69, 9.17) is 4.74 Å². The molecule has 2 unspecified atom stereocenters. The molecule has 4 bridgehead atoms. The van der Waals surface area contributed by atoms with Gasteiger partial charge in [0.25, 0.3) is 0 Å². The highest BCUT2D eigenvalue weighted by Crippen LogP contribution is 2.59. The maximum atomic E-state index is 12.7. The number of carbonyl (C=O) groups excluding carboxylic acids is 2. The van der Waals surface area contributed by atoms with Crippen LogP contribution in [-0.2, 0) is 24.2 Å². The Bertz CT molecular complexity index is 626. The summed E-state index contributed by atoms with van der Waals surface area (Å²) in [5.74, 6) is 1.31. The first-order valence-electron chi connectivity index (χ1n) is 9.01.